The average Bonchev–Trinajstić information content (AvgIpc) is 2.36. The summed E-state index contributed by atoms with van der Waals surface area (Å²) in [7, 11) is 0. The molecule has 8 N–H and O–H groups in total. The summed E-state index contributed by atoms with van der Waals surface area (Å²) >= 11 is 0. The van der Waals surface area contributed by atoms with Crippen molar-refractivity contribution in [3.8, 4) is 0 Å². The number of carbonyl (C=O) groups is 2. The highest BCUT2D eigenvalue weighted by Gasteiger charge is 2.34. The SMILES string of the molecule is N[C@@H]1CC(C(=O)CC(=O)C2C[C@@H](N)C[C@@H](N)C2)C[C@H](N)C1. The number of Topliss-reactive ketones (excluding diaryl/α,β-unsaturated/α-hetero) is 2. The second-order valence-electron chi connectivity index (χ2n) is 6.96. The van der Waals surface area contributed by atoms with Crippen molar-refractivity contribution >= 4 is 11.6 Å². The molecule has 0 heterocycles. The molecule has 0 bridgehead atoms. The third-order valence-electron chi connectivity index (χ3n) is 4.82. The smallest absolute Gasteiger partial charge is 0.143 e. The van der Waals surface area contributed by atoms with Crippen LogP contribution in [0.2, 0.25) is 0 Å². The van der Waals surface area contributed by atoms with Gasteiger partial charge in [0.15, 0.2) is 0 Å². The Morgan fingerprint density at radius 2 is 0.905 bits per heavy atom. The molecule has 6 atom stereocenters. The molecule has 0 amide bonds. The molecule has 0 aromatic carbocycles. The Morgan fingerprint density at radius 3 is 1.19 bits per heavy atom. The van der Waals surface area contributed by atoms with E-state index in [4.69, 9.17) is 22.9 Å². The van der Waals surface area contributed by atoms with Crippen LogP contribution in [0.5, 0.6) is 0 Å². The summed E-state index contributed by atoms with van der Waals surface area (Å²) in [5.41, 5.74) is 23.7. The molecule has 0 saturated heterocycles. The fraction of sp³-hybridized carbons (Fsp3) is 0.867. The largest absolute Gasteiger partial charge is 0.328 e. The molecular formula is C15H28N4O2. The second kappa shape index (κ2) is 6.96. The van der Waals surface area contributed by atoms with Gasteiger partial charge in [-0.1, -0.05) is 0 Å². The molecule has 0 spiro atoms. The zero-order chi connectivity index (χ0) is 15.6. The summed E-state index contributed by atoms with van der Waals surface area (Å²) in [5.74, 6) is -0.367. The number of rotatable bonds is 4. The Hall–Kier alpha value is -0.820. The third-order valence-corrected chi connectivity index (χ3v) is 4.82. The van der Waals surface area contributed by atoms with E-state index in [-0.39, 0.29) is 54.0 Å². The van der Waals surface area contributed by atoms with E-state index in [1.165, 1.54) is 0 Å². The molecule has 2 aliphatic carbocycles. The van der Waals surface area contributed by atoms with E-state index in [0.717, 1.165) is 12.8 Å². The van der Waals surface area contributed by atoms with Crippen LogP contribution in [0.25, 0.3) is 0 Å². The molecule has 2 unspecified atom stereocenters. The molecule has 2 rings (SSSR count). The van der Waals surface area contributed by atoms with Gasteiger partial charge in [-0.15, -0.1) is 0 Å². The Kier molecular flexibility index (Phi) is 5.48. The predicted octanol–water partition coefficient (Wildman–Crippen LogP) is -0.576. The van der Waals surface area contributed by atoms with Gasteiger partial charge in [0.2, 0.25) is 0 Å². The molecule has 6 nitrogen and oxygen atoms in total. The maximum absolute atomic E-state index is 12.3. The van der Waals surface area contributed by atoms with Gasteiger partial charge in [0.1, 0.15) is 11.6 Å². The summed E-state index contributed by atoms with van der Waals surface area (Å²) in [6, 6.07) is -0.132. The first kappa shape index (κ1) is 16.5. The summed E-state index contributed by atoms with van der Waals surface area (Å²) in [6.07, 6.45) is 4.06. The van der Waals surface area contributed by atoms with Crippen LogP contribution in [-0.2, 0) is 9.59 Å². The minimum Gasteiger partial charge on any atom is -0.328 e. The molecule has 6 heteroatoms. The highest BCUT2D eigenvalue weighted by molar-refractivity contribution is 6.01. The van der Waals surface area contributed by atoms with Crippen molar-refractivity contribution in [1.82, 2.24) is 0 Å². The zero-order valence-electron chi connectivity index (χ0n) is 12.5. The van der Waals surface area contributed by atoms with E-state index in [9.17, 15) is 9.59 Å². The van der Waals surface area contributed by atoms with E-state index in [2.05, 4.69) is 0 Å². The average molecular weight is 296 g/mol. The fourth-order valence-corrected chi connectivity index (χ4v) is 3.80. The number of hydrogen-bond acceptors (Lipinski definition) is 6. The van der Waals surface area contributed by atoms with Crippen molar-refractivity contribution in [3.05, 3.63) is 0 Å². The predicted molar refractivity (Wildman–Crippen MR) is 81.2 cm³/mol. The van der Waals surface area contributed by atoms with Gasteiger partial charge in [-0.2, -0.15) is 0 Å². The van der Waals surface area contributed by atoms with Crippen LogP contribution in [0.15, 0.2) is 0 Å². The molecular weight excluding hydrogens is 268 g/mol. The van der Waals surface area contributed by atoms with Crippen molar-refractivity contribution in [3.63, 3.8) is 0 Å². The summed E-state index contributed by atoms with van der Waals surface area (Å²) in [5, 5.41) is 0. The fourth-order valence-electron chi connectivity index (χ4n) is 3.80. The van der Waals surface area contributed by atoms with Crippen LogP contribution in [-0.4, -0.2) is 35.7 Å². The summed E-state index contributed by atoms with van der Waals surface area (Å²) in [4.78, 5) is 24.6. The van der Waals surface area contributed by atoms with Crippen molar-refractivity contribution in [2.24, 2.45) is 34.8 Å². The Morgan fingerprint density at radius 1 is 0.619 bits per heavy atom. The summed E-state index contributed by atoms with van der Waals surface area (Å²) in [6.45, 7) is 0. The molecule has 120 valence electrons. The van der Waals surface area contributed by atoms with Crippen molar-refractivity contribution in [2.45, 2.75) is 69.1 Å². The van der Waals surface area contributed by atoms with Gasteiger partial charge in [0.05, 0.1) is 6.42 Å². The Balaban J connectivity index is 1.88. The maximum atomic E-state index is 12.3. The van der Waals surface area contributed by atoms with Gasteiger partial charge in [0.25, 0.3) is 0 Å². The Labute approximate surface area is 126 Å². The molecule has 0 aromatic heterocycles. The van der Waals surface area contributed by atoms with Crippen LogP contribution in [0.1, 0.15) is 44.9 Å². The normalized spacial score (nSPS) is 40.8. The first-order valence-corrected chi connectivity index (χ1v) is 7.93. The first-order chi connectivity index (χ1) is 9.85. The molecule has 2 saturated carbocycles. The minimum atomic E-state index is -0.168. The van der Waals surface area contributed by atoms with Gasteiger partial charge in [-0.3, -0.25) is 9.59 Å². The zero-order valence-corrected chi connectivity index (χ0v) is 12.5. The van der Waals surface area contributed by atoms with Crippen molar-refractivity contribution in [1.29, 1.82) is 0 Å². The van der Waals surface area contributed by atoms with Crippen LogP contribution in [0, 0.1) is 11.8 Å². The lowest BCUT2D eigenvalue weighted by atomic mass is 9.76. The van der Waals surface area contributed by atoms with Crippen LogP contribution < -0.4 is 22.9 Å². The number of nitrogens with two attached hydrogens (primary N) is 4. The van der Waals surface area contributed by atoms with Crippen LogP contribution >= 0.6 is 0 Å². The molecule has 2 fully saturated rings. The maximum Gasteiger partial charge on any atom is 0.143 e. The van der Waals surface area contributed by atoms with Gasteiger partial charge >= 0.3 is 0 Å². The standard InChI is InChI=1S/C15H28N4O2/c16-10-1-8(2-11(17)5-10)14(20)7-15(21)9-3-12(18)6-13(19)4-9/h8-13H,1-7,16-19H2/t8?,9?,10-,11+,12-,13+. The molecule has 0 aliphatic heterocycles. The van der Waals surface area contributed by atoms with Crippen molar-refractivity contribution in [2.75, 3.05) is 0 Å². The molecule has 0 aromatic rings. The van der Waals surface area contributed by atoms with E-state index in [0.29, 0.717) is 25.7 Å². The molecule has 0 radical (unpaired) electrons. The highest BCUT2D eigenvalue weighted by atomic mass is 16.1. The van der Waals surface area contributed by atoms with Gasteiger partial charge in [-0.05, 0) is 38.5 Å². The lowest BCUT2D eigenvalue weighted by Gasteiger charge is -2.32. The monoisotopic (exact) mass is 296 g/mol. The highest BCUT2D eigenvalue weighted by Crippen LogP contribution is 2.28. The molecule has 21 heavy (non-hydrogen) atoms. The minimum absolute atomic E-state index is 0.0154. The van der Waals surface area contributed by atoms with Gasteiger partial charge in [-0.25, -0.2) is 0 Å². The van der Waals surface area contributed by atoms with Gasteiger partial charge < -0.3 is 22.9 Å². The van der Waals surface area contributed by atoms with Crippen LogP contribution in [0.4, 0.5) is 0 Å². The third kappa shape index (κ3) is 4.57. The Bertz CT molecular complexity index is 345. The number of carbonyl (C=O) groups excluding carboxylic acids is 2. The summed E-state index contributed by atoms with van der Waals surface area (Å²) < 4.78 is 0. The quantitative estimate of drug-likeness (QED) is 0.512. The number of ketones is 2. The lowest BCUT2D eigenvalue weighted by molar-refractivity contribution is -0.132. The van der Waals surface area contributed by atoms with Crippen LogP contribution in [0.3, 0.4) is 0 Å². The van der Waals surface area contributed by atoms with E-state index in [1.807, 2.05) is 0 Å². The van der Waals surface area contributed by atoms with E-state index < -0.39 is 0 Å². The van der Waals surface area contributed by atoms with Gasteiger partial charge in [0, 0.05) is 36.0 Å². The lowest BCUT2D eigenvalue weighted by Crippen LogP contribution is -2.44. The second-order valence-corrected chi connectivity index (χ2v) is 6.96. The number of hydrogen-bond donors (Lipinski definition) is 4. The van der Waals surface area contributed by atoms with E-state index in [1.54, 1.807) is 0 Å². The molecule has 2 aliphatic rings. The topological polar surface area (TPSA) is 138 Å². The van der Waals surface area contributed by atoms with Crippen molar-refractivity contribution < 1.29 is 9.59 Å². The first-order valence-electron chi connectivity index (χ1n) is 7.93. The van der Waals surface area contributed by atoms with E-state index >= 15 is 0 Å².